The van der Waals surface area contributed by atoms with E-state index in [-0.39, 0.29) is 6.61 Å². The topological polar surface area (TPSA) is 38.7 Å². The van der Waals surface area contributed by atoms with E-state index in [0.29, 0.717) is 24.5 Å². The number of aliphatic hydroxyl groups is 1. The van der Waals surface area contributed by atoms with E-state index in [2.05, 4.69) is 0 Å². The number of hydrogen-bond acceptors (Lipinski definition) is 3. The molecule has 1 N–H and O–H groups in total. The number of rotatable bonds is 7. The first kappa shape index (κ1) is 12.9. The number of ether oxygens (including phenoxy) is 2. The van der Waals surface area contributed by atoms with Crippen LogP contribution < -0.4 is 4.74 Å². The van der Waals surface area contributed by atoms with Crippen LogP contribution in [0.15, 0.2) is 18.2 Å². The molecule has 0 aliphatic rings. The maximum absolute atomic E-state index is 13.0. The third-order valence-electron chi connectivity index (χ3n) is 2.13. The number of aliphatic hydroxyl groups excluding tert-OH is 1. The highest BCUT2D eigenvalue weighted by molar-refractivity contribution is 5.29. The van der Waals surface area contributed by atoms with Gasteiger partial charge in [-0.3, -0.25) is 0 Å². The number of halogens is 1. The Morgan fingerprint density at radius 2 is 1.94 bits per heavy atom. The lowest BCUT2D eigenvalue weighted by atomic mass is 10.2. The lowest BCUT2D eigenvalue weighted by Gasteiger charge is -2.07. The second kappa shape index (κ2) is 7.19. The van der Waals surface area contributed by atoms with Gasteiger partial charge in [-0.15, -0.1) is 0 Å². The van der Waals surface area contributed by atoms with Crippen molar-refractivity contribution in [1.29, 1.82) is 0 Å². The summed E-state index contributed by atoms with van der Waals surface area (Å²) in [7, 11) is 1.65. The number of hydrogen-bond donors (Lipinski definition) is 1. The van der Waals surface area contributed by atoms with Crippen molar-refractivity contribution in [3.05, 3.63) is 29.6 Å². The summed E-state index contributed by atoms with van der Waals surface area (Å²) in [5.74, 6) is 0.0694. The molecule has 16 heavy (non-hydrogen) atoms. The zero-order valence-electron chi connectivity index (χ0n) is 9.41. The lowest BCUT2D eigenvalue weighted by molar-refractivity contribution is 0.184. The molecule has 0 atom stereocenters. The van der Waals surface area contributed by atoms with Crippen molar-refractivity contribution in [1.82, 2.24) is 0 Å². The Bertz CT molecular complexity index is 315. The van der Waals surface area contributed by atoms with Crippen molar-refractivity contribution in [2.45, 2.75) is 19.4 Å². The molecule has 0 aromatic heterocycles. The van der Waals surface area contributed by atoms with Gasteiger partial charge in [0.25, 0.3) is 0 Å². The molecule has 0 saturated heterocycles. The molecule has 1 rings (SSSR count). The fraction of sp³-hybridized carbons (Fsp3) is 0.500. The molecule has 4 heteroatoms. The number of methoxy groups -OCH3 is 1. The van der Waals surface area contributed by atoms with Gasteiger partial charge in [0, 0.05) is 19.8 Å². The zero-order valence-corrected chi connectivity index (χ0v) is 9.41. The summed E-state index contributed by atoms with van der Waals surface area (Å²) in [6.45, 7) is 1.05. The van der Waals surface area contributed by atoms with Gasteiger partial charge >= 0.3 is 0 Å². The summed E-state index contributed by atoms with van der Waals surface area (Å²) in [5.41, 5.74) is 0.520. The summed E-state index contributed by atoms with van der Waals surface area (Å²) in [6.07, 6.45) is 1.78. The molecule has 0 fully saturated rings. The zero-order chi connectivity index (χ0) is 11.8. The summed E-state index contributed by atoms with van der Waals surface area (Å²) < 4.78 is 23.3. The minimum atomic E-state index is -0.390. The molecule has 1 aromatic rings. The second-order valence-corrected chi connectivity index (χ2v) is 3.50. The van der Waals surface area contributed by atoms with Crippen LogP contribution in [0.2, 0.25) is 0 Å². The summed E-state index contributed by atoms with van der Waals surface area (Å²) >= 11 is 0. The van der Waals surface area contributed by atoms with Gasteiger partial charge in [-0.25, -0.2) is 4.39 Å². The molecule has 0 amide bonds. The highest BCUT2D eigenvalue weighted by atomic mass is 19.1. The van der Waals surface area contributed by atoms with Gasteiger partial charge in [0.15, 0.2) is 0 Å². The Labute approximate surface area is 94.8 Å². The van der Waals surface area contributed by atoms with Crippen LogP contribution in [0.4, 0.5) is 4.39 Å². The maximum atomic E-state index is 13.0. The molecule has 0 aliphatic carbocycles. The van der Waals surface area contributed by atoms with E-state index in [0.717, 1.165) is 12.8 Å². The van der Waals surface area contributed by atoms with Crippen molar-refractivity contribution >= 4 is 0 Å². The first-order valence-corrected chi connectivity index (χ1v) is 5.28. The van der Waals surface area contributed by atoms with E-state index >= 15 is 0 Å². The standard InChI is InChI=1S/C12H17FO3/c1-15-4-2-3-5-16-12-7-10(9-14)6-11(13)8-12/h6-8,14H,2-5,9H2,1H3. The third-order valence-corrected chi connectivity index (χ3v) is 2.13. The minimum Gasteiger partial charge on any atom is -0.493 e. The normalized spacial score (nSPS) is 10.4. The predicted molar refractivity (Wildman–Crippen MR) is 58.9 cm³/mol. The SMILES string of the molecule is COCCCCOc1cc(F)cc(CO)c1. The summed E-state index contributed by atoms with van der Waals surface area (Å²) in [5, 5.41) is 8.89. The van der Waals surface area contributed by atoms with Gasteiger partial charge in [0.2, 0.25) is 0 Å². The van der Waals surface area contributed by atoms with E-state index < -0.39 is 5.82 Å². The van der Waals surface area contributed by atoms with E-state index in [1.54, 1.807) is 13.2 Å². The van der Waals surface area contributed by atoms with Crippen LogP contribution in [0.3, 0.4) is 0 Å². The molecule has 0 spiro atoms. The van der Waals surface area contributed by atoms with Crippen molar-refractivity contribution < 1.29 is 19.0 Å². The van der Waals surface area contributed by atoms with Gasteiger partial charge in [-0.1, -0.05) is 0 Å². The molecule has 0 aliphatic heterocycles. The molecule has 1 aromatic carbocycles. The van der Waals surface area contributed by atoms with Crippen LogP contribution in [-0.4, -0.2) is 25.4 Å². The average Bonchev–Trinajstić information content (AvgIpc) is 2.28. The van der Waals surface area contributed by atoms with Crippen LogP contribution in [0.25, 0.3) is 0 Å². The van der Waals surface area contributed by atoms with Gasteiger partial charge in [0.1, 0.15) is 11.6 Å². The van der Waals surface area contributed by atoms with E-state index in [1.807, 2.05) is 0 Å². The molecular weight excluding hydrogens is 211 g/mol. The third kappa shape index (κ3) is 4.59. The molecule has 3 nitrogen and oxygen atoms in total. The molecule has 0 saturated carbocycles. The van der Waals surface area contributed by atoms with E-state index in [4.69, 9.17) is 14.6 Å². The number of unbranched alkanes of at least 4 members (excludes halogenated alkanes) is 1. The average molecular weight is 228 g/mol. The first-order chi connectivity index (χ1) is 7.76. The van der Waals surface area contributed by atoms with E-state index in [9.17, 15) is 4.39 Å². The van der Waals surface area contributed by atoms with Crippen molar-refractivity contribution in [3.8, 4) is 5.75 Å². The Kier molecular flexibility index (Phi) is 5.82. The van der Waals surface area contributed by atoms with Crippen LogP contribution in [-0.2, 0) is 11.3 Å². The van der Waals surface area contributed by atoms with Crippen molar-refractivity contribution in [2.24, 2.45) is 0 Å². The Morgan fingerprint density at radius 1 is 1.19 bits per heavy atom. The summed E-state index contributed by atoms with van der Waals surface area (Å²) in [4.78, 5) is 0. The Balaban J connectivity index is 2.38. The minimum absolute atomic E-state index is 0.183. The highest BCUT2D eigenvalue weighted by Gasteiger charge is 2.01. The lowest BCUT2D eigenvalue weighted by Crippen LogP contribution is -2.00. The predicted octanol–water partition coefficient (Wildman–Crippen LogP) is 2.12. The Hall–Kier alpha value is -1.13. The highest BCUT2D eigenvalue weighted by Crippen LogP contribution is 2.16. The monoisotopic (exact) mass is 228 g/mol. The Morgan fingerprint density at radius 3 is 2.62 bits per heavy atom. The molecule has 0 heterocycles. The quantitative estimate of drug-likeness (QED) is 0.726. The fourth-order valence-corrected chi connectivity index (χ4v) is 1.33. The summed E-state index contributed by atoms with van der Waals surface area (Å²) in [6, 6.07) is 4.24. The van der Waals surface area contributed by atoms with Crippen LogP contribution in [0.1, 0.15) is 18.4 Å². The number of benzene rings is 1. The van der Waals surface area contributed by atoms with Crippen LogP contribution in [0.5, 0.6) is 5.75 Å². The largest absolute Gasteiger partial charge is 0.493 e. The van der Waals surface area contributed by atoms with Gasteiger partial charge in [-0.05, 0) is 30.5 Å². The van der Waals surface area contributed by atoms with Gasteiger partial charge < -0.3 is 14.6 Å². The molecular formula is C12H17FO3. The van der Waals surface area contributed by atoms with Crippen molar-refractivity contribution in [3.63, 3.8) is 0 Å². The molecule has 0 radical (unpaired) electrons. The van der Waals surface area contributed by atoms with Gasteiger partial charge in [-0.2, -0.15) is 0 Å². The fourth-order valence-electron chi connectivity index (χ4n) is 1.33. The molecule has 0 bridgehead atoms. The molecule has 0 unspecified atom stereocenters. The van der Waals surface area contributed by atoms with Gasteiger partial charge in [0.05, 0.1) is 13.2 Å². The van der Waals surface area contributed by atoms with Crippen LogP contribution >= 0.6 is 0 Å². The van der Waals surface area contributed by atoms with Crippen LogP contribution in [0, 0.1) is 5.82 Å². The van der Waals surface area contributed by atoms with Crippen molar-refractivity contribution in [2.75, 3.05) is 20.3 Å². The van der Waals surface area contributed by atoms with E-state index in [1.165, 1.54) is 12.1 Å². The second-order valence-electron chi connectivity index (χ2n) is 3.50. The maximum Gasteiger partial charge on any atom is 0.127 e. The first-order valence-electron chi connectivity index (χ1n) is 5.28. The molecule has 90 valence electrons. The smallest absolute Gasteiger partial charge is 0.127 e.